The number of hydrogen-bond donors (Lipinski definition) is 2. The lowest BCUT2D eigenvalue weighted by molar-refractivity contribution is -0.122. The van der Waals surface area contributed by atoms with Crippen LogP contribution in [0.5, 0.6) is 0 Å². The molecule has 2 heterocycles. The molecule has 0 aliphatic carbocycles. The molecule has 0 radical (unpaired) electrons. The molecule has 2 atom stereocenters. The predicted molar refractivity (Wildman–Crippen MR) is 32.9 cm³/mol. The summed E-state index contributed by atoms with van der Waals surface area (Å²) in [6, 6.07) is 0. The molecule has 0 aromatic rings. The second-order valence-corrected chi connectivity index (χ2v) is 2.77. The molecule has 0 aromatic heterocycles. The van der Waals surface area contributed by atoms with Crippen LogP contribution in [0.1, 0.15) is 0 Å². The fraction of sp³-hybridized carbons (Fsp3) is 0.833. The van der Waals surface area contributed by atoms with Crippen LogP contribution in [0, 0.1) is 11.8 Å². The molecular formula is C6H10N2O. The van der Waals surface area contributed by atoms with Crippen LogP contribution in [0.25, 0.3) is 0 Å². The van der Waals surface area contributed by atoms with E-state index in [9.17, 15) is 4.79 Å². The molecule has 2 N–H and O–H groups in total. The van der Waals surface area contributed by atoms with E-state index in [0.29, 0.717) is 5.92 Å². The van der Waals surface area contributed by atoms with Crippen molar-refractivity contribution in [2.24, 2.45) is 11.8 Å². The van der Waals surface area contributed by atoms with Crippen molar-refractivity contribution in [2.75, 3.05) is 19.6 Å². The number of fused-ring (bicyclic) bond motifs is 1. The van der Waals surface area contributed by atoms with Crippen molar-refractivity contribution >= 4 is 5.91 Å². The number of nitrogens with one attached hydrogen (secondary N) is 2. The number of rotatable bonds is 0. The molecule has 2 rings (SSSR count). The maximum Gasteiger partial charge on any atom is 0.224 e. The van der Waals surface area contributed by atoms with Crippen molar-refractivity contribution in [1.29, 1.82) is 0 Å². The molecule has 50 valence electrons. The molecule has 0 aromatic carbocycles. The third-order valence-corrected chi connectivity index (χ3v) is 2.22. The first-order valence-electron chi connectivity index (χ1n) is 3.36. The molecule has 9 heavy (non-hydrogen) atoms. The zero-order chi connectivity index (χ0) is 6.27. The predicted octanol–water partition coefficient (Wildman–Crippen LogP) is -1.05. The summed E-state index contributed by atoms with van der Waals surface area (Å²) < 4.78 is 0. The smallest absolute Gasteiger partial charge is 0.224 e. The normalized spacial score (nSPS) is 40.7. The van der Waals surface area contributed by atoms with Gasteiger partial charge in [-0.25, -0.2) is 0 Å². The van der Waals surface area contributed by atoms with Crippen LogP contribution >= 0.6 is 0 Å². The molecule has 0 bridgehead atoms. The fourth-order valence-electron chi connectivity index (χ4n) is 1.62. The highest BCUT2D eigenvalue weighted by Gasteiger charge is 2.37. The number of carbonyl (C=O) groups excluding carboxylic acids is 1. The first-order valence-corrected chi connectivity index (χ1v) is 3.36. The minimum Gasteiger partial charge on any atom is -0.355 e. The molecule has 2 fully saturated rings. The minimum atomic E-state index is 0.241. The van der Waals surface area contributed by atoms with E-state index < -0.39 is 0 Å². The van der Waals surface area contributed by atoms with Crippen molar-refractivity contribution in [3.8, 4) is 0 Å². The zero-order valence-electron chi connectivity index (χ0n) is 5.18. The highest BCUT2D eigenvalue weighted by atomic mass is 16.2. The summed E-state index contributed by atoms with van der Waals surface area (Å²) in [4.78, 5) is 10.9. The van der Waals surface area contributed by atoms with Gasteiger partial charge in [-0.15, -0.1) is 0 Å². The van der Waals surface area contributed by atoms with E-state index in [2.05, 4.69) is 10.6 Å². The Bertz CT molecular complexity index is 146. The molecule has 2 saturated heterocycles. The Hall–Kier alpha value is -0.570. The van der Waals surface area contributed by atoms with Crippen molar-refractivity contribution in [2.45, 2.75) is 0 Å². The van der Waals surface area contributed by atoms with Gasteiger partial charge in [-0.05, 0) is 0 Å². The summed E-state index contributed by atoms with van der Waals surface area (Å²) in [5.41, 5.74) is 0. The second-order valence-electron chi connectivity index (χ2n) is 2.77. The molecule has 2 aliphatic rings. The number of hydrogen-bond acceptors (Lipinski definition) is 2. The summed E-state index contributed by atoms with van der Waals surface area (Å²) in [6.45, 7) is 2.79. The van der Waals surface area contributed by atoms with Crippen LogP contribution in [0.15, 0.2) is 0 Å². The third kappa shape index (κ3) is 0.645. The first kappa shape index (κ1) is 5.23. The summed E-state index contributed by atoms with van der Waals surface area (Å²) >= 11 is 0. The Labute approximate surface area is 53.8 Å². The van der Waals surface area contributed by atoms with Gasteiger partial charge < -0.3 is 10.6 Å². The van der Waals surface area contributed by atoms with E-state index in [4.69, 9.17) is 0 Å². The van der Waals surface area contributed by atoms with E-state index in [1.165, 1.54) is 0 Å². The lowest BCUT2D eigenvalue weighted by atomic mass is 10.0. The standard InChI is InChI=1S/C6H10N2O/c9-6-5-3-7-1-4(5)2-8-6/h4-5,7H,1-3H2,(H,8,9)/t4-,5-/m0/s1. The van der Waals surface area contributed by atoms with Gasteiger partial charge in [0.1, 0.15) is 0 Å². The van der Waals surface area contributed by atoms with E-state index >= 15 is 0 Å². The van der Waals surface area contributed by atoms with Gasteiger partial charge in [0.05, 0.1) is 5.92 Å². The molecule has 0 spiro atoms. The number of amides is 1. The van der Waals surface area contributed by atoms with Crippen molar-refractivity contribution in [3.05, 3.63) is 0 Å². The third-order valence-electron chi connectivity index (χ3n) is 2.22. The molecule has 3 heteroatoms. The molecular weight excluding hydrogens is 116 g/mol. The summed E-state index contributed by atoms with van der Waals surface area (Å²) in [6.07, 6.45) is 0. The summed E-state index contributed by atoms with van der Waals surface area (Å²) in [5, 5.41) is 6.04. The Balaban J connectivity index is 2.15. The van der Waals surface area contributed by atoms with Gasteiger partial charge in [0.15, 0.2) is 0 Å². The van der Waals surface area contributed by atoms with Gasteiger partial charge >= 0.3 is 0 Å². The Kier molecular flexibility index (Phi) is 0.990. The summed E-state index contributed by atoms with van der Waals surface area (Å²) in [7, 11) is 0. The largest absolute Gasteiger partial charge is 0.355 e. The van der Waals surface area contributed by atoms with Crippen LogP contribution in [-0.4, -0.2) is 25.5 Å². The van der Waals surface area contributed by atoms with Crippen LogP contribution in [0.4, 0.5) is 0 Å². The fourth-order valence-corrected chi connectivity index (χ4v) is 1.62. The lowest BCUT2D eigenvalue weighted by Gasteiger charge is -1.98. The van der Waals surface area contributed by atoms with E-state index in [-0.39, 0.29) is 11.8 Å². The zero-order valence-corrected chi connectivity index (χ0v) is 5.18. The topological polar surface area (TPSA) is 41.1 Å². The van der Waals surface area contributed by atoms with Crippen molar-refractivity contribution in [3.63, 3.8) is 0 Å². The maximum atomic E-state index is 10.9. The van der Waals surface area contributed by atoms with Gasteiger partial charge in [-0.2, -0.15) is 0 Å². The van der Waals surface area contributed by atoms with Gasteiger partial charge in [-0.3, -0.25) is 4.79 Å². The van der Waals surface area contributed by atoms with Crippen molar-refractivity contribution < 1.29 is 4.79 Å². The van der Waals surface area contributed by atoms with Crippen LogP contribution in [0.2, 0.25) is 0 Å². The van der Waals surface area contributed by atoms with Crippen LogP contribution in [-0.2, 0) is 4.79 Å². The van der Waals surface area contributed by atoms with Gasteiger partial charge in [0, 0.05) is 25.6 Å². The Morgan fingerprint density at radius 1 is 1.33 bits per heavy atom. The Morgan fingerprint density at radius 2 is 2.22 bits per heavy atom. The average Bonchev–Trinajstić information content (AvgIpc) is 2.35. The molecule has 0 saturated carbocycles. The minimum absolute atomic E-state index is 0.241. The van der Waals surface area contributed by atoms with E-state index in [1.807, 2.05) is 0 Å². The first-order chi connectivity index (χ1) is 4.38. The van der Waals surface area contributed by atoms with Gasteiger partial charge in [0.2, 0.25) is 5.91 Å². The second kappa shape index (κ2) is 1.70. The van der Waals surface area contributed by atoms with Gasteiger partial charge in [0.25, 0.3) is 0 Å². The van der Waals surface area contributed by atoms with Gasteiger partial charge in [-0.1, -0.05) is 0 Å². The highest BCUT2D eigenvalue weighted by molar-refractivity contribution is 5.81. The molecule has 0 unspecified atom stereocenters. The Morgan fingerprint density at radius 3 is 3.00 bits per heavy atom. The van der Waals surface area contributed by atoms with Crippen LogP contribution < -0.4 is 10.6 Å². The monoisotopic (exact) mass is 126 g/mol. The lowest BCUT2D eigenvalue weighted by Crippen LogP contribution is -2.24. The maximum absolute atomic E-state index is 10.9. The number of carbonyl (C=O) groups is 1. The quantitative estimate of drug-likeness (QED) is 0.435. The SMILES string of the molecule is O=C1NC[C@@H]2CNC[C@H]12. The van der Waals surface area contributed by atoms with Crippen LogP contribution in [0.3, 0.4) is 0 Å². The molecule has 3 nitrogen and oxygen atoms in total. The van der Waals surface area contributed by atoms with E-state index in [0.717, 1.165) is 19.6 Å². The molecule has 1 amide bonds. The average molecular weight is 126 g/mol. The van der Waals surface area contributed by atoms with Crippen molar-refractivity contribution in [1.82, 2.24) is 10.6 Å². The summed E-state index contributed by atoms with van der Waals surface area (Å²) in [5.74, 6) is 1.10. The van der Waals surface area contributed by atoms with E-state index in [1.54, 1.807) is 0 Å². The molecule has 2 aliphatic heterocycles. The highest BCUT2D eigenvalue weighted by Crippen LogP contribution is 2.20.